The van der Waals surface area contributed by atoms with Crippen molar-refractivity contribution >= 4 is 17.3 Å². The molecule has 0 aliphatic heterocycles. The highest BCUT2D eigenvalue weighted by atomic mass is 32.1. The first-order valence-electron chi connectivity index (χ1n) is 11.1. The molecule has 0 aliphatic rings. The zero-order valence-electron chi connectivity index (χ0n) is 20.5. The quantitative estimate of drug-likeness (QED) is 0.475. The number of hydrogen-bond acceptors (Lipinski definition) is 5. The van der Waals surface area contributed by atoms with Gasteiger partial charge in [0.25, 0.3) is 0 Å². The second-order valence-electron chi connectivity index (χ2n) is 9.52. The van der Waals surface area contributed by atoms with Crippen molar-refractivity contribution in [1.82, 2.24) is 0 Å². The Bertz CT molecular complexity index is 903. The van der Waals surface area contributed by atoms with Gasteiger partial charge in [0.05, 0.1) is 13.2 Å². The van der Waals surface area contributed by atoms with E-state index in [1.165, 1.54) is 28.9 Å². The number of aliphatic hydroxyl groups excluding tert-OH is 1. The zero-order valence-corrected chi connectivity index (χ0v) is 21.3. The molecule has 0 saturated carbocycles. The molecule has 0 fully saturated rings. The summed E-state index contributed by atoms with van der Waals surface area (Å²) < 4.78 is 11.1. The fraction of sp³-hybridized carbons (Fsp3) is 0.577. The molecule has 5 heteroatoms. The molecule has 0 bridgehead atoms. The van der Waals surface area contributed by atoms with Gasteiger partial charge >= 0.3 is 5.97 Å². The summed E-state index contributed by atoms with van der Waals surface area (Å²) in [7, 11) is 1.42. The molecular weight excluding hydrogens is 408 g/mol. The Kier molecular flexibility index (Phi) is 7.99. The minimum Gasteiger partial charge on any atom is -0.488 e. The van der Waals surface area contributed by atoms with Gasteiger partial charge in [-0.15, -0.1) is 11.3 Å². The molecule has 0 aliphatic carbocycles. The van der Waals surface area contributed by atoms with Crippen LogP contribution in [0.4, 0.5) is 0 Å². The first kappa shape index (κ1) is 25.4. The molecule has 4 nitrogen and oxygen atoms in total. The minimum absolute atomic E-state index is 0.179. The molecule has 2 unspecified atom stereocenters. The van der Waals surface area contributed by atoms with E-state index in [2.05, 4.69) is 32.0 Å². The number of ether oxygens (including phenoxy) is 2. The van der Waals surface area contributed by atoms with Gasteiger partial charge in [0.15, 0.2) is 0 Å². The number of aliphatic hydroxyl groups is 1. The lowest BCUT2D eigenvalue weighted by molar-refractivity contribution is -0.0234. The van der Waals surface area contributed by atoms with Crippen molar-refractivity contribution in [3.63, 3.8) is 0 Å². The molecule has 1 aromatic carbocycles. The van der Waals surface area contributed by atoms with Gasteiger partial charge in [-0.25, -0.2) is 4.79 Å². The molecule has 0 amide bonds. The Labute approximate surface area is 191 Å². The normalized spacial score (nSPS) is 14.3. The largest absolute Gasteiger partial charge is 0.488 e. The maximum atomic E-state index is 12.2. The highest BCUT2D eigenvalue weighted by Gasteiger charge is 2.35. The zero-order chi connectivity index (χ0) is 23.6. The van der Waals surface area contributed by atoms with Crippen LogP contribution in [0.5, 0.6) is 5.75 Å². The maximum absolute atomic E-state index is 12.2. The Balaban J connectivity index is 2.43. The van der Waals surface area contributed by atoms with Gasteiger partial charge in [-0.1, -0.05) is 46.8 Å². The van der Waals surface area contributed by atoms with E-state index in [1.54, 1.807) is 0 Å². The van der Waals surface area contributed by atoms with Crippen LogP contribution in [0.3, 0.4) is 0 Å². The fourth-order valence-electron chi connectivity index (χ4n) is 4.21. The summed E-state index contributed by atoms with van der Waals surface area (Å²) in [6.45, 7) is 16.3. The third-order valence-corrected chi connectivity index (χ3v) is 7.76. The van der Waals surface area contributed by atoms with Gasteiger partial charge in [0.1, 0.15) is 16.7 Å². The molecule has 1 heterocycles. The first-order chi connectivity index (χ1) is 14.4. The van der Waals surface area contributed by atoms with E-state index >= 15 is 0 Å². The predicted molar refractivity (Wildman–Crippen MR) is 128 cm³/mol. The third kappa shape index (κ3) is 5.15. The summed E-state index contributed by atoms with van der Waals surface area (Å²) in [6.07, 6.45) is 0.961. The van der Waals surface area contributed by atoms with Crippen LogP contribution in [0, 0.1) is 19.3 Å². The van der Waals surface area contributed by atoms with Crippen LogP contribution in [-0.4, -0.2) is 30.4 Å². The molecule has 1 aromatic heterocycles. The standard InChI is InChI=1S/C26H38O4S/c1-10-26(11-2,21-15-17(4)22(31-21)24(28)29-9)19-12-13-20(16(3)14-19)30-18(5)23(27)25(6,7)8/h12-15,18,23,27H,10-11H2,1-9H3. The summed E-state index contributed by atoms with van der Waals surface area (Å²) in [5.41, 5.74) is 2.78. The monoisotopic (exact) mass is 446 g/mol. The number of rotatable bonds is 8. The van der Waals surface area contributed by atoms with Gasteiger partial charge in [-0.05, 0) is 67.9 Å². The van der Waals surface area contributed by atoms with Gasteiger partial charge < -0.3 is 14.6 Å². The van der Waals surface area contributed by atoms with Crippen molar-refractivity contribution in [2.75, 3.05) is 7.11 Å². The van der Waals surface area contributed by atoms with Crippen molar-refractivity contribution in [2.24, 2.45) is 5.41 Å². The SMILES string of the molecule is CCC(CC)(c1ccc(OC(C)C(O)C(C)(C)C)c(C)c1)c1cc(C)c(C(=O)OC)s1. The van der Waals surface area contributed by atoms with Gasteiger partial charge in [-0.2, -0.15) is 0 Å². The second-order valence-corrected chi connectivity index (χ2v) is 10.6. The lowest BCUT2D eigenvalue weighted by Crippen LogP contribution is -2.39. The van der Waals surface area contributed by atoms with E-state index in [0.717, 1.165) is 29.7 Å². The number of aryl methyl sites for hydroxylation is 2. The maximum Gasteiger partial charge on any atom is 0.348 e. The molecule has 1 N–H and O–H groups in total. The fourth-order valence-corrected chi connectivity index (χ4v) is 5.65. The molecule has 2 atom stereocenters. The van der Waals surface area contributed by atoms with E-state index in [9.17, 15) is 9.90 Å². The minimum atomic E-state index is -0.567. The second kappa shape index (κ2) is 9.74. The summed E-state index contributed by atoms with van der Waals surface area (Å²) in [5.74, 6) is 0.513. The van der Waals surface area contributed by atoms with Crippen LogP contribution in [0.15, 0.2) is 24.3 Å². The highest BCUT2D eigenvalue weighted by Crippen LogP contribution is 2.44. The summed E-state index contributed by atoms with van der Waals surface area (Å²) in [4.78, 5) is 14.0. The number of esters is 1. The topological polar surface area (TPSA) is 55.8 Å². The van der Waals surface area contributed by atoms with Crippen molar-refractivity contribution in [3.05, 3.63) is 50.7 Å². The number of carbonyl (C=O) groups excluding carboxylic acids is 1. The molecule has 2 aromatic rings. The molecule has 0 spiro atoms. The smallest absolute Gasteiger partial charge is 0.348 e. The first-order valence-corrected chi connectivity index (χ1v) is 11.9. The van der Waals surface area contributed by atoms with E-state index in [1.807, 2.05) is 47.6 Å². The number of methoxy groups -OCH3 is 1. The van der Waals surface area contributed by atoms with E-state index in [-0.39, 0.29) is 22.9 Å². The Hall–Kier alpha value is -1.85. The van der Waals surface area contributed by atoms with Crippen LogP contribution in [0.2, 0.25) is 0 Å². The molecule has 31 heavy (non-hydrogen) atoms. The van der Waals surface area contributed by atoms with Gasteiger partial charge in [-0.3, -0.25) is 0 Å². The Morgan fingerprint density at radius 3 is 2.19 bits per heavy atom. The van der Waals surface area contributed by atoms with Crippen molar-refractivity contribution in [2.45, 2.75) is 85.9 Å². The predicted octanol–water partition coefficient (Wildman–Crippen LogP) is 6.43. The average Bonchev–Trinajstić information content (AvgIpc) is 3.11. The van der Waals surface area contributed by atoms with Crippen molar-refractivity contribution in [1.29, 1.82) is 0 Å². The van der Waals surface area contributed by atoms with E-state index in [0.29, 0.717) is 4.88 Å². The van der Waals surface area contributed by atoms with Gasteiger partial charge in [0.2, 0.25) is 0 Å². The number of benzene rings is 1. The van der Waals surface area contributed by atoms with Crippen LogP contribution >= 0.6 is 11.3 Å². The number of hydrogen-bond donors (Lipinski definition) is 1. The average molecular weight is 447 g/mol. The third-order valence-electron chi connectivity index (χ3n) is 6.34. The van der Waals surface area contributed by atoms with E-state index < -0.39 is 6.10 Å². The Morgan fingerprint density at radius 2 is 1.71 bits per heavy atom. The molecule has 172 valence electrons. The van der Waals surface area contributed by atoms with Crippen molar-refractivity contribution in [3.8, 4) is 5.75 Å². The summed E-state index contributed by atoms with van der Waals surface area (Å²) >= 11 is 1.53. The van der Waals surface area contributed by atoms with Crippen LogP contribution in [0.25, 0.3) is 0 Å². The highest BCUT2D eigenvalue weighted by molar-refractivity contribution is 7.14. The molecular formula is C26H38O4S. The van der Waals surface area contributed by atoms with Crippen LogP contribution in [0.1, 0.15) is 85.6 Å². The molecule has 0 radical (unpaired) electrons. The lowest BCUT2D eigenvalue weighted by Gasteiger charge is -2.33. The lowest BCUT2D eigenvalue weighted by atomic mass is 9.74. The van der Waals surface area contributed by atoms with E-state index in [4.69, 9.17) is 9.47 Å². The van der Waals surface area contributed by atoms with Gasteiger partial charge in [0, 0.05) is 10.3 Å². The summed E-state index contributed by atoms with van der Waals surface area (Å²) in [5, 5.41) is 10.5. The Morgan fingerprint density at radius 1 is 1.10 bits per heavy atom. The molecule has 0 saturated heterocycles. The van der Waals surface area contributed by atoms with Crippen LogP contribution < -0.4 is 4.74 Å². The molecule has 2 rings (SSSR count). The summed E-state index contributed by atoms with van der Waals surface area (Å²) in [6, 6.07) is 8.45. The van der Waals surface area contributed by atoms with Crippen molar-refractivity contribution < 1.29 is 19.4 Å². The van der Waals surface area contributed by atoms with Crippen LogP contribution in [-0.2, 0) is 10.2 Å². The number of carbonyl (C=O) groups is 1. The number of thiophene rings is 1.